The zero-order valence-electron chi connectivity index (χ0n) is 13.4. The Morgan fingerprint density at radius 2 is 2.12 bits per heavy atom. The highest BCUT2D eigenvalue weighted by Crippen LogP contribution is 2.37. The second kappa shape index (κ2) is 6.51. The summed E-state index contributed by atoms with van der Waals surface area (Å²) >= 11 is 5.95. The summed E-state index contributed by atoms with van der Waals surface area (Å²) < 4.78 is 32.1. The minimum Gasteiger partial charge on any atom is -0.361 e. The number of carbonyl (C=O) groups excluding carboxylic acids is 1. The van der Waals surface area contributed by atoms with Gasteiger partial charge in [-0.2, -0.15) is 0 Å². The summed E-state index contributed by atoms with van der Waals surface area (Å²) in [7, 11) is 0. The Hall–Kier alpha value is -1.95. The maximum absolute atomic E-state index is 13.5. The topological polar surface area (TPSA) is 46.3 Å². The fourth-order valence-corrected chi connectivity index (χ4v) is 3.49. The third kappa shape index (κ3) is 2.79. The van der Waals surface area contributed by atoms with Gasteiger partial charge >= 0.3 is 0 Å². The summed E-state index contributed by atoms with van der Waals surface area (Å²) in [4.78, 5) is 14.5. The highest BCUT2D eigenvalue weighted by molar-refractivity contribution is 6.33. The van der Waals surface area contributed by atoms with Crippen molar-refractivity contribution in [1.82, 2.24) is 10.1 Å². The quantitative estimate of drug-likeness (QED) is 0.765. The van der Waals surface area contributed by atoms with Gasteiger partial charge in [-0.15, -0.1) is 0 Å². The molecular formula is C17H17ClF2N2O2. The average Bonchev–Trinajstić information content (AvgIpc) is 3.16. The van der Waals surface area contributed by atoms with Gasteiger partial charge in [-0.1, -0.05) is 23.7 Å². The Balaban J connectivity index is 1.98. The molecule has 0 saturated carbocycles. The zero-order valence-corrected chi connectivity index (χ0v) is 14.2. The molecule has 1 aromatic heterocycles. The second-order valence-electron chi connectivity index (χ2n) is 5.86. The van der Waals surface area contributed by atoms with Crippen molar-refractivity contribution < 1.29 is 18.1 Å². The van der Waals surface area contributed by atoms with Crippen LogP contribution in [0, 0.1) is 18.6 Å². The van der Waals surface area contributed by atoms with Gasteiger partial charge in [0.05, 0.1) is 22.3 Å². The molecule has 0 unspecified atom stereocenters. The van der Waals surface area contributed by atoms with Crippen LogP contribution in [0.1, 0.15) is 53.2 Å². The van der Waals surface area contributed by atoms with E-state index in [1.54, 1.807) is 4.90 Å². The van der Waals surface area contributed by atoms with Crippen LogP contribution in [0.15, 0.2) is 16.7 Å². The van der Waals surface area contributed by atoms with Gasteiger partial charge in [0.1, 0.15) is 5.76 Å². The molecule has 24 heavy (non-hydrogen) atoms. The van der Waals surface area contributed by atoms with Crippen LogP contribution in [0.2, 0.25) is 5.02 Å². The van der Waals surface area contributed by atoms with Crippen LogP contribution in [0.25, 0.3) is 0 Å². The Labute approximate surface area is 143 Å². The van der Waals surface area contributed by atoms with E-state index in [2.05, 4.69) is 5.16 Å². The first-order valence-electron chi connectivity index (χ1n) is 7.84. The van der Waals surface area contributed by atoms with Crippen LogP contribution in [-0.2, 0) is 6.42 Å². The van der Waals surface area contributed by atoms with E-state index in [0.717, 1.165) is 42.0 Å². The molecule has 0 bridgehead atoms. The highest BCUT2D eigenvalue weighted by atomic mass is 35.5. The SMILES string of the molecule is CCc1onc(C)c1[C@H]1CCCN1C(=O)c1cc(F)c(F)cc1Cl. The minimum atomic E-state index is -1.09. The van der Waals surface area contributed by atoms with Crippen molar-refractivity contribution in [2.24, 2.45) is 0 Å². The van der Waals surface area contributed by atoms with Crippen LogP contribution < -0.4 is 0 Å². The molecule has 2 aromatic rings. The Morgan fingerprint density at radius 1 is 1.42 bits per heavy atom. The van der Waals surface area contributed by atoms with Crippen molar-refractivity contribution in [1.29, 1.82) is 0 Å². The summed E-state index contributed by atoms with van der Waals surface area (Å²) in [5.74, 6) is -1.83. The van der Waals surface area contributed by atoms with Gasteiger partial charge in [0.25, 0.3) is 5.91 Å². The van der Waals surface area contributed by atoms with E-state index in [0.29, 0.717) is 13.0 Å². The standard InChI is InChI=1S/C17H17ClF2N2O2/c1-3-15-16(9(2)21-24-15)14-5-4-6-22(14)17(23)10-7-12(19)13(20)8-11(10)18/h7-8,14H,3-6H2,1-2H3/t14-/m1/s1. The fourth-order valence-electron chi connectivity index (χ4n) is 3.26. The van der Waals surface area contributed by atoms with Gasteiger partial charge in [0.15, 0.2) is 11.6 Å². The first kappa shape index (κ1) is 16.9. The lowest BCUT2D eigenvalue weighted by molar-refractivity contribution is 0.0734. The maximum Gasteiger partial charge on any atom is 0.255 e. The number of likely N-dealkylation sites (tertiary alicyclic amines) is 1. The molecule has 0 N–H and O–H groups in total. The van der Waals surface area contributed by atoms with E-state index in [1.807, 2.05) is 13.8 Å². The molecule has 0 spiro atoms. The predicted octanol–water partition coefficient (Wildman–Crippen LogP) is 4.45. The lowest BCUT2D eigenvalue weighted by atomic mass is 10.0. The normalized spacial score (nSPS) is 17.5. The number of amides is 1. The molecular weight excluding hydrogens is 338 g/mol. The summed E-state index contributed by atoms with van der Waals surface area (Å²) in [6.45, 7) is 4.31. The molecule has 0 radical (unpaired) electrons. The van der Waals surface area contributed by atoms with Gasteiger partial charge in [-0.05, 0) is 31.9 Å². The smallest absolute Gasteiger partial charge is 0.255 e. The van der Waals surface area contributed by atoms with Gasteiger partial charge in [0.2, 0.25) is 0 Å². The van der Waals surface area contributed by atoms with Gasteiger partial charge in [-0.25, -0.2) is 8.78 Å². The van der Waals surface area contributed by atoms with Gasteiger partial charge < -0.3 is 9.42 Å². The molecule has 1 saturated heterocycles. The number of rotatable bonds is 3. The molecule has 0 aliphatic carbocycles. The largest absolute Gasteiger partial charge is 0.361 e. The molecule has 1 amide bonds. The average molecular weight is 355 g/mol. The second-order valence-corrected chi connectivity index (χ2v) is 6.27. The minimum absolute atomic E-state index is 0.0328. The molecule has 128 valence electrons. The monoisotopic (exact) mass is 354 g/mol. The number of halogens is 3. The highest BCUT2D eigenvalue weighted by Gasteiger charge is 2.35. The van der Waals surface area contributed by atoms with E-state index >= 15 is 0 Å². The van der Waals surface area contributed by atoms with Crippen LogP contribution >= 0.6 is 11.6 Å². The number of benzene rings is 1. The number of hydrogen-bond acceptors (Lipinski definition) is 3. The third-order valence-corrected chi connectivity index (χ3v) is 4.70. The van der Waals surface area contributed by atoms with E-state index in [1.165, 1.54) is 0 Å². The molecule has 1 aliphatic rings. The maximum atomic E-state index is 13.5. The summed E-state index contributed by atoms with van der Waals surface area (Å²) in [6.07, 6.45) is 2.24. The molecule has 4 nitrogen and oxygen atoms in total. The Morgan fingerprint density at radius 3 is 2.83 bits per heavy atom. The number of hydrogen-bond donors (Lipinski definition) is 0. The van der Waals surface area contributed by atoms with Crippen molar-refractivity contribution in [3.05, 3.63) is 51.4 Å². The Kier molecular flexibility index (Phi) is 4.58. The van der Waals surface area contributed by atoms with E-state index in [4.69, 9.17) is 16.1 Å². The van der Waals surface area contributed by atoms with Crippen molar-refractivity contribution in [3.63, 3.8) is 0 Å². The molecule has 1 fully saturated rings. The van der Waals surface area contributed by atoms with Gasteiger partial charge in [0, 0.05) is 18.5 Å². The van der Waals surface area contributed by atoms with Crippen LogP contribution in [0.4, 0.5) is 8.78 Å². The van der Waals surface area contributed by atoms with Crippen LogP contribution in [0.3, 0.4) is 0 Å². The molecule has 7 heteroatoms. The van der Waals surface area contributed by atoms with E-state index in [-0.39, 0.29) is 16.6 Å². The molecule has 1 aromatic carbocycles. The van der Waals surface area contributed by atoms with Crippen LogP contribution in [-0.4, -0.2) is 22.5 Å². The summed E-state index contributed by atoms with van der Waals surface area (Å²) in [5, 5.41) is 3.90. The third-order valence-electron chi connectivity index (χ3n) is 4.39. The van der Waals surface area contributed by atoms with Crippen molar-refractivity contribution in [3.8, 4) is 0 Å². The molecule has 3 rings (SSSR count). The van der Waals surface area contributed by atoms with Crippen LogP contribution in [0.5, 0.6) is 0 Å². The zero-order chi connectivity index (χ0) is 17.4. The van der Waals surface area contributed by atoms with E-state index < -0.39 is 17.5 Å². The summed E-state index contributed by atoms with van der Waals surface area (Å²) in [6, 6.07) is 1.50. The van der Waals surface area contributed by atoms with Crippen molar-refractivity contribution >= 4 is 17.5 Å². The predicted molar refractivity (Wildman–Crippen MR) is 85.0 cm³/mol. The number of nitrogens with zero attached hydrogens (tertiary/aromatic N) is 2. The molecule has 2 heterocycles. The molecule has 1 atom stereocenters. The van der Waals surface area contributed by atoms with Gasteiger partial charge in [-0.3, -0.25) is 4.79 Å². The first-order chi connectivity index (χ1) is 11.4. The summed E-state index contributed by atoms with van der Waals surface area (Å²) in [5.41, 5.74) is 1.62. The van der Waals surface area contributed by atoms with Crippen molar-refractivity contribution in [2.75, 3.05) is 6.54 Å². The lowest BCUT2D eigenvalue weighted by Crippen LogP contribution is -2.31. The lowest BCUT2D eigenvalue weighted by Gasteiger charge is -2.25. The molecule has 1 aliphatic heterocycles. The number of carbonyl (C=O) groups is 1. The Bertz CT molecular complexity index is 791. The van der Waals surface area contributed by atoms with E-state index in [9.17, 15) is 13.6 Å². The van der Waals surface area contributed by atoms with Crippen molar-refractivity contribution in [2.45, 2.75) is 39.2 Å². The number of aryl methyl sites for hydroxylation is 2. The first-order valence-corrected chi connectivity index (χ1v) is 8.22. The number of aromatic nitrogens is 1. The fraction of sp³-hybridized carbons (Fsp3) is 0.412.